The number of hydrogen-bond donors (Lipinski definition) is 0. The lowest BCUT2D eigenvalue weighted by atomic mass is 10.2. The summed E-state index contributed by atoms with van der Waals surface area (Å²) in [4.78, 5) is 16.7. The van der Waals surface area contributed by atoms with E-state index in [1.165, 1.54) is 16.2 Å². The van der Waals surface area contributed by atoms with Crippen molar-refractivity contribution >= 4 is 56.1 Å². The number of fused-ring (bicyclic) bond motifs is 1. The molecule has 1 aliphatic rings. The van der Waals surface area contributed by atoms with E-state index in [0.29, 0.717) is 0 Å². The van der Waals surface area contributed by atoms with Crippen LogP contribution in [0.1, 0.15) is 29.9 Å². The zero-order chi connectivity index (χ0) is 12.7. The first-order valence-electron chi connectivity index (χ1n) is 5.65. The summed E-state index contributed by atoms with van der Waals surface area (Å²) in [5, 5.41) is 0. The number of halogens is 1. The Hall–Kier alpha value is -0.100. The van der Waals surface area contributed by atoms with Gasteiger partial charge in [-0.25, -0.2) is 0 Å². The largest absolute Gasteiger partial charge is 0.287 e. The third kappa shape index (κ3) is 2.33. The van der Waals surface area contributed by atoms with E-state index in [1.54, 1.807) is 22.7 Å². The molecule has 0 bridgehead atoms. The lowest BCUT2D eigenvalue weighted by Gasteiger charge is -2.08. The van der Waals surface area contributed by atoms with Gasteiger partial charge in [-0.05, 0) is 52.7 Å². The molecule has 18 heavy (non-hydrogen) atoms. The van der Waals surface area contributed by atoms with Gasteiger partial charge >= 0.3 is 0 Å². The second-order valence-corrected chi connectivity index (χ2v) is 8.56. The predicted octanol–water partition coefficient (Wildman–Crippen LogP) is 4.90. The second-order valence-electron chi connectivity index (χ2n) is 4.21. The molecule has 0 saturated heterocycles. The fourth-order valence-corrected chi connectivity index (χ4v) is 5.83. The van der Waals surface area contributed by atoms with Crippen LogP contribution in [0.5, 0.6) is 0 Å². The first-order chi connectivity index (χ1) is 8.65. The minimum Gasteiger partial charge on any atom is -0.287 e. The zero-order valence-corrected chi connectivity index (χ0v) is 13.8. The van der Waals surface area contributed by atoms with Crippen LogP contribution in [0.2, 0.25) is 0 Å². The summed E-state index contributed by atoms with van der Waals surface area (Å²) in [7, 11) is 0. The number of rotatable bonds is 2. The van der Waals surface area contributed by atoms with Crippen LogP contribution < -0.4 is 0 Å². The number of hydrogen-bond acceptors (Lipinski definition) is 4. The van der Waals surface area contributed by atoms with Crippen LogP contribution in [-0.2, 0) is 12.2 Å². The molecule has 0 atom stereocenters. The molecule has 1 nitrogen and oxygen atoms in total. The number of carbonyl (C=O) groups excluding carboxylic acids is 1. The van der Waals surface area contributed by atoms with Crippen LogP contribution in [-0.4, -0.2) is 11.5 Å². The van der Waals surface area contributed by atoms with Crippen molar-refractivity contribution in [2.75, 3.05) is 5.75 Å². The Labute approximate surface area is 127 Å². The molecule has 0 N–H and O–H groups in total. The van der Waals surface area contributed by atoms with Gasteiger partial charge in [0.05, 0.1) is 9.75 Å². The third-order valence-corrected chi connectivity index (χ3v) is 7.31. The van der Waals surface area contributed by atoms with Crippen molar-refractivity contribution in [1.82, 2.24) is 0 Å². The lowest BCUT2D eigenvalue weighted by molar-refractivity contribution is 0.104. The van der Waals surface area contributed by atoms with Gasteiger partial charge in [-0.3, -0.25) is 4.79 Å². The van der Waals surface area contributed by atoms with E-state index < -0.39 is 0 Å². The molecule has 94 valence electrons. The maximum absolute atomic E-state index is 12.4. The summed E-state index contributed by atoms with van der Waals surface area (Å²) in [6, 6.07) is 4.03. The summed E-state index contributed by atoms with van der Waals surface area (Å²) >= 11 is 8.68. The van der Waals surface area contributed by atoms with Crippen LogP contribution in [0.15, 0.2) is 16.6 Å². The first kappa shape index (κ1) is 12.9. The molecular weight excluding hydrogens is 348 g/mol. The van der Waals surface area contributed by atoms with Gasteiger partial charge in [0.25, 0.3) is 0 Å². The standard InChI is InChI=1S/C13H11BrOS3/c1-7-9(14)5-12(17-7)13(15)11-4-8-6-16-3-2-10(8)18-11/h4-5H,2-3,6H2,1H3. The third-order valence-electron chi connectivity index (χ3n) is 2.93. The molecule has 3 heterocycles. The molecule has 0 saturated carbocycles. The summed E-state index contributed by atoms with van der Waals surface area (Å²) < 4.78 is 1.03. The monoisotopic (exact) mass is 358 g/mol. The van der Waals surface area contributed by atoms with Crippen LogP contribution in [0.4, 0.5) is 0 Å². The minimum absolute atomic E-state index is 0.179. The number of ketones is 1. The van der Waals surface area contributed by atoms with Gasteiger partial charge in [0.2, 0.25) is 5.78 Å². The highest BCUT2D eigenvalue weighted by molar-refractivity contribution is 9.10. The van der Waals surface area contributed by atoms with Crippen LogP contribution >= 0.6 is 50.4 Å². The molecule has 0 radical (unpaired) electrons. The molecule has 0 fully saturated rings. The Bertz CT molecular complexity index is 569. The predicted molar refractivity (Wildman–Crippen MR) is 84.4 cm³/mol. The van der Waals surface area contributed by atoms with Crippen molar-refractivity contribution in [2.24, 2.45) is 0 Å². The second kappa shape index (κ2) is 5.12. The summed E-state index contributed by atoms with van der Waals surface area (Å²) in [6.07, 6.45) is 1.12. The highest BCUT2D eigenvalue weighted by Crippen LogP contribution is 2.34. The van der Waals surface area contributed by atoms with E-state index >= 15 is 0 Å². The highest BCUT2D eigenvalue weighted by atomic mass is 79.9. The smallest absolute Gasteiger partial charge is 0.212 e. The van der Waals surface area contributed by atoms with Gasteiger partial charge in [0, 0.05) is 20.0 Å². The Morgan fingerprint density at radius 2 is 2.06 bits per heavy atom. The van der Waals surface area contributed by atoms with Gasteiger partial charge in [-0.15, -0.1) is 22.7 Å². The van der Waals surface area contributed by atoms with Crippen molar-refractivity contribution in [3.63, 3.8) is 0 Å². The molecule has 2 aromatic heterocycles. The van der Waals surface area contributed by atoms with Crippen molar-refractivity contribution < 1.29 is 4.79 Å². The SMILES string of the molecule is Cc1sc(C(=O)c2cc3c(s2)CCSC3)cc1Br. The van der Waals surface area contributed by atoms with Gasteiger partial charge in [-0.2, -0.15) is 11.8 Å². The Morgan fingerprint density at radius 3 is 2.72 bits per heavy atom. The van der Waals surface area contributed by atoms with E-state index in [0.717, 1.165) is 31.3 Å². The Morgan fingerprint density at radius 1 is 1.28 bits per heavy atom. The maximum atomic E-state index is 12.4. The Kier molecular flexibility index (Phi) is 3.67. The van der Waals surface area contributed by atoms with Crippen molar-refractivity contribution in [2.45, 2.75) is 19.1 Å². The maximum Gasteiger partial charge on any atom is 0.212 e. The molecule has 0 aliphatic carbocycles. The van der Waals surface area contributed by atoms with Crippen molar-refractivity contribution in [3.05, 3.63) is 41.7 Å². The molecule has 0 spiro atoms. The molecule has 1 aliphatic heterocycles. The van der Waals surface area contributed by atoms with E-state index in [1.807, 2.05) is 24.8 Å². The van der Waals surface area contributed by atoms with E-state index in [4.69, 9.17) is 0 Å². The van der Waals surface area contributed by atoms with Crippen LogP contribution in [0.3, 0.4) is 0 Å². The fourth-order valence-electron chi connectivity index (χ4n) is 1.95. The number of thioether (sulfide) groups is 1. The van der Waals surface area contributed by atoms with Crippen LogP contribution in [0.25, 0.3) is 0 Å². The van der Waals surface area contributed by atoms with Crippen molar-refractivity contribution in [1.29, 1.82) is 0 Å². The summed E-state index contributed by atoms with van der Waals surface area (Å²) in [6.45, 7) is 2.03. The number of aryl methyl sites for hydroxylation is 2. The average Bonchev–Trinajstić information content (AvgIpc) is 2.93. The van der Waals surface area contributed by atoms with Gasteiger partial charge in [0.15, 0.2) is 0 Å². The lowest BCUT2D eigenvalue weighted by Crippen LogP contribution is -1.96. The summed E-state index contributed by atoms with van der Waals surface area (Å²) in [5.41, 5.74) is 1.37. The number of thiophene rings is 2. The molecule has 2 aromatic rings. The number of carbonyl (C=O) groups is 1. The van der Waals surface area contributed by atoms with Gasteiger partial charge in [-0.1, -0.05) is 0 Å². The van der Waals surface area contributed by atoms with Crippen LogP contribution in [0, 0.1) is 6.92 Å². The molecular formula is C13H11BrOS3. The normalized spacial score (nSPS) is 14.6. The van der Waals surface area contributed by atoms with Gasteiger partial charge < -0.3 is 0 Å². The molecule has 5 heteroatoms. The van der Waals surface area contributed by atoms with Gasteiger partial charge in [0.1, 0.15) is 0 Å². The molecule has 3 rings (SSSR count). The summed E-state index contributed by atoms with van der Waals surface area (Å²) in [5.74, 6) is 2.43. The Balaban J connectivity index is 1.94. The van der Waals surface area contributed by atoms with E-state index in [2.05, 4.69) is 22.0 Å². The van der Waals surface area contributed by atoms with E-state index in [9.17, 15) is 4.79 Å². The minimum atomic E-state index is 0.179. The quantitative estimate of drug-likeness (QED) is 0.710. The molecule has 0 aromatic carbocycles. The van der Waals surface area contributed by atoms with Crippen molar-refractivity contribution in [3.8, 4) is 0 Å². The zero-order valence-electron chi connectivity index (χ0n) is 9.79. The fraction of sp³-hybridized carbons (Fsp3) is 0.308. The molecule has 0 unspecified atom stereocenters. The topological polar surface area (TPSA) is 17.1 Å². The highest BCUT2D eigenvalue weighted by Gasteiger charge is 2.20. The average molecular weight is 359 g/mol. The van der Waals surface area contributed by atoms with E-state index in [-0.39, 0.29) is 5.78 Å². The first-order valence-corrected chi connectivity index (χ1v) is 9.23. The molecule has 0 amide bonds.